The summed E-state index contributed by atoms with van der Waals surface area (Å²) in [5, 5.41) is 0.00115. The van der Waals surface area contributed by atoms with Crippen molar-refractivity contribution in [2.24, 2.45) is 0 Å². The van der Waals surface area contributed by atoms with Crippen molar-refractivity contribution in [1.82, 2.24) is 14.5 Å². The zero-order valence-electron chi connectivity index (χ0n) is 11.9. The van der Waals surface area contributed by atoms with Gasteiger partial charge in [-0.3, -0.25) is 4.79 Å². The minimum absolute atomic E-state index is 0.00115. The molecule has 0 saturated carbocycles. The summed E-state index contributed by atoms with van der Waals surface area (Å²) in [6, 6.07) is 15.4. The normalized spacial score (nSPS) is 11.0. The van der Waals surface area contributed by atoms with E-state index < -0.39 is 0 Å². The summed E-state index contributed by atoms with van der Waals surface area (Å²) < 4.78 is 3.77. The predicted octanol–water partition coefficient (Wildman–Crippen LogP) is 4.41. The molecule has 0 fully saturated rings. The number of carbonyl (C=O) groups is 1. The molecule has 2 heterocycles. The highest BCUT2D eigenvalue weighted by molar-refractivity contribution is 8.15. The first-order chi connectivity index (χ1) is 11.3. The van der Waals surface area contributed by atoms with Crippen molar-refractivity contribution in [2.75, 3.05) is 0 Å². The lowest BCUT2D eigenvalue weighted by Gasteiger charge is -2.03. The van der Waals surface area contributed by atoms with E-state index in [2.05, 4.69) is 9.97 Å². The Labute approximate surface area is 140 Å². The third kappa shape index (κ3) is 2.91. The van der Waals surface area contributed by atoms with E-state index in [-0.39, 0.29) is 5.12 Å². The lowest BCUT2D eigenvalue weighted by Crippen LogP contribution is -1.95. The summed E-state index contributed by atoms with van der Waals surface area (Å²) in [5.41, 5.74) is 2.57. The molecule has 0 saturated heterocycles. The second-order valence-corrected chi connectivity index (χ2v) is 7.10. The molecule has 4 aromatic rings. The first-order valence-corrected chi connectivity index (χ1v) is 8.59. The van der Waals surface area contributed by atoms with Crippen LogP contribution in [0.25, 0.3) is 15.9 Å². The van der Waals surface area contributed by atoms with E-state index >= 15 is 0 Å². The number of imidazole rings is 1. The van der Waals surface area contributed by atoms with Crippen LogP contribution in [0.2, 0.25) is 0 Å². The van der Waals surface area contributed by atoms with Gasteiger partial charge in [-0.15, -0.1) is 11.3 Å². The summed E-state index contributed by atoms with van der Waals surface area (Å²) >= 11 is 2.72. The zero-order valence-corrected chi connectivity index (χ0v) is 13.6. The van der Waals surface area contributed by atoms with Gasteiger partial charge in [0.2, 0.25) is 5.12 Å². The molecule has 0 aliphatic carbocycles. The fourth-order valence-electron chi connectivity index (χ4n) is 2.21. The number of benzene rings is 2. The molecule has 2 aromatic carbocycles. The van der Waals surface area contributed by atoms with Crippen LogP contribution in [0.5, 0.6) is 0 Å². The smallest absolute Gasteiger partial charge is 0.226 e. The molecular weight excluding hydrogens is 326 g/mol. The van der Waals surface area contributed by atoms with E-state index in [0.29, 0.717) is 5.56 Å². The van der Waals surface area contributed by atoms with Crippen LogP contribution in [0.3, 0.4) is 0 Å². The molecule has 0 amide bonds. The summed E-state index contributed by atoms with van der Waals surface area (Å²) in [4.78, 5) is 20.9. The van der Waals surface area contributed by atoms with Gasteiger partial charge in [0.1, 0.15) is 0 Å². The molecule has 0 aliphatic heterocycles. The van der Waals surface area contributed by atoms with Crippen LogP contribution in [0.4, 0.5) is 0 Å². The molecule has 2 aromatic heterocycles. The molecule has 0 radical (unpaired) electrons. The quantitative estimate of drug-likeness (QED) is 0.519. The number of fused-ring (bicyclic) bond motifs is 1. The molecule has 112 valence electrons. The number of nitrogens with zero attached hydrogens (tertiary/aromatic N) is 3. The Kier molecular flexibility index (Phi) is 3.69. The second kappa shape index (κ2) is 5.98. The lowest BCUT2D eigenvalue weighted by molar-refractivity contribution is 0.108. The molecule has 23 heavy (non-hydrogen) atoms. The Hall–Kier alpha value is -2.44. The van der Waals surface area contributed by atoms with Gasteiger partial charge in [0.15, 0.2) is 4.34 Å². The maximum Gasteiger partial charge on any atom is 0.226 e. The number of aromatic nitrogens is 3. The molecule has 6 heteroatoms. The van der Waals surface area contributed by atoms with Crippen LogP contribution in [0.15, 0.2) is 71.6 Å². The molecule has 4 rings (SSSR count). The highest BCUT2D eigenvalue weighted by Crippen LogP contribution is 2.31. The van der Waals surface area contributed by atoms with Crippen molar-refractivity contribution in [2.45, 2.75) is 4.34 Å². The molecule has 0 bridgehead atoms. The minimum Gasteiger partial charge on any atom is -0.306 e. The summed E-state index contributed by atoms with van der Waals surface area (Å²) in [7, 11) is 0. The molecule has 4 nitrogen and oxygen atoms in total. The lowest BCUT2D eigenvalue weighted by atomic mass is 10.2. The summed E-state index contributed by atoms with van der Waals surface area (Å²) in [6.07, 6.45) is 5.32. The molecule has 0 unspecified atom stereocenters. The van der Waals surface area contributed by atoms with E-state index in [0.717, 1.165) is 20.2 Å². The fraction of sp³-hybridized carbons (Fsp3) is 0. The standard InChI is InChI=1S/C17H11N3OS2/c21-16(23-17-19-14-3-1-2-4-15(14)22-17)12-5-7-13(8-6-12)20-10-9-18-11-20/h1-11H. The van der Waals surface area contributed by atoms with Crippen molar-refractivity contribution < 1.29 is 4.79 Å². The van der Waals surface area contributed by atoms with Crippen molar-refractivity contribution in [3.05, 3.63) is 72.8 Å². The van der Waals surface area contributed by atoms with Crippen LogP contribution in [0.1, 0.15) is 10.4 Å². The van der Waals surface area contributed by atoms with Crippen molar-refractivity contribution in [3.63, 3.8) is 0 Å². The summed E-state index contributed by atoms with van der Waals surface area (Å²) in [6.45, 7) is 0. The van der Waals surface area contributed by atoms with Gasteiger partial charge >= 0.3 is 0 Å². The van der Waals surface area contributed by atoms with E-state index in [1.54, 1.807) is 23.9 Å². The Morgan fingerprint density at radius 3 is 2.65 bits per heavy atom. The highest BCUT2D eigenvalue weighted by Gasteiger charge is 2.12. The molecular formula is C17H11N3OS2. The van der Waals surface area contributed by atoms with Crippen LogP contribution in [0, 0.1) is 0 Å². The van der Waals surface area contributed by atoms with Gasteiger partial charge in [-0.05, 0) is 48.2 Å². The van der Waals surface area contributed by atoms with Crippen LogP contribution in [-0.2, 0) is 0 Å². The zero-order chi connectivity index (χ0) is 15.6. The van der Waals surface area contributed by atoms with Gasteiger partial charge in [0.25, 0.3) is 0 Å². The van der Waals surface area contributed by atoms with Gasteiger partial charge in [0.05, 0.1) is 16.5 Å². The van der Waals surface area contributed by atoms with E-state index in [1.807, 2.05) is 59.3 Å². The van der Waals surface area contributed by atoms with E-state index in [9.17, 15) is 4.79 Å². The molecule has 0 spiro atoms. The van der Waals surface area contributed by atoms with Gasteiger partial charge in [-0.1, -0.05) is 12.1 Å². The van der Waals surface area contributed by atoms with Crippen LogP contribution < -0.4 is 0 Å². The average Bonchev–Trinajstić information content (AvgIpc) is 3.24. The molecule has 0 N–H and O–H groups in total. The Morgan fingerprint density at radius 1 is 1.09 bits per heavy atom. The predicted molar refractivity (Wildman–Crippen MR) is 93.4 cm³/mol. The molecule has 0 atom stereocenters. The number of thioether (sulfide) groups is 1. The minimum atomic E-state index is 0.00115. The Morgan fingerprint density at radius 2 is 1.91 bits per heavy atom. The molecule has 0 aliphatic rings. The van der Waals surface area contributed by atoms with Crippen molar-refractivity contribution in [1.29, 1.82) is 0 Å². The van der Waals surface area contributed by atoms with Crippen LogP contribution in [-0.4, -0.2) is 19.7 Å². The monoisotopic (exact) mass is 337 g/mol. The maximum atomic E-state index is 12.4. The van der Waals surface area contributed by atoms with Crippen LogP contribution >= 0.6 is 23.1 Å². The third-order valence-electron chi connectivity index (χ3n) is 3.36. The first-order valence-electron chi connectivity index (χ1n) is 6.96. The van der Waals surface area contributed by atoms with E-state index in [1.165, 1.54) is 11.8 Å². The highest BCUT2D eigenvalue weighted by atomic mass is 32.2. The number of para-hydroxylation sites is 1. The van der Waals surface area contributed by atoms with Gasteiger partial charge in [-0.2, -0.15) is 0 Å². The third-order valence-corrected chi connectivity index (χ3v) is 5.38. The Balaban J connectivity index is 1.54. The van der Waals surface area contributed by atoms with Gasteiger partial charge < -0.3 is 4.57 Å². The fourth-order valence-corrected chi connectivity index (χ4v) is 4.13. The largest absolute Gasteiger partial charge is 0.306 e. The maximum absolute atomic E-state index is 12.4. The van der Waals surface area contributed by atoms with Gasteiger partial charge in [0, 0.05) is 23.6 Å². The van der Waals surface area contributed by atoms with Crippen molar-refractivity contribution >= 4 is 38.4 Å². The Bertz CT molecular complexity index is 926. The summed E-state index contributed by atoms with van der Waals surface area (Å²) in [5.74, 6) is 0. The van der Waals surface area contributed by atoms with Crippen molar-refractivity contribution in [3.8, 4) is 5.69 Å². The number of rotatable bonds is 3. The number of hydrogen-bond donors (Lipinski definition) is 0. The second-order valence-electron chi connectivity index (χ2n) is 4.85. The SMILES string of the molecule is O=C(Sc1nc2ccccc2s1)c1ccc(-n2ccnc2)cc1. The number of hydrogen-bond acceptors (Lipinski definition) is 5. The van der Waals surface area contributed by atoms with Gasteiger partial charge in [-0.25, -0.2) is 9.97 Å². The number of thiazole rings is 1. The average molecular weight is 337 g/mol. The van der Waals surface area contributed by atoms with E-state index in [4.69, 9.17) is 0 Å². The topological polar surface area (TPSA) is 47.8 Å². The first kappa shape index (κ1) is 14.2. The number of carbonyl (C=O) groups excluding carboxylic acids is 1.